The number of H-pyrrole nitrogens is 1. The molecule has 0 radical (unpaired) electrons. The van der Waals surface area contributed by atoms with Gasteiger partial charge in [-0.3, -0.25) is 14.9 Å². The fourth-order valence-corrected chi connectivity index (χ4v) is 3.72. The van der Waals surface area contributed by atoms with E-state index < -0.39 is 0 Å². The van der Waals surface area contributed by atoms with E-state index in [1.54, 1.807) is 6.21 Å². The standard InChI is InChI=1S/C21H20N4OS/c1-3-14(2)22-13-16-19(15-9-5-4-6-10-15)24-25(20(16)26)21-23-17-11-7-8-12-18(17)27-21/h4-14,24H,3H2,1-2H3/t14-/m0/s1. The van der Waals surface area contributed by atoms with E-state index in [0.717, 1.165) is 27.9 Å². The molecule has 1 atom stereocenters. The van der Waals surface area contributed by atoms with Gasteiger partial charge in [0.1, 0.15) is 0 Å². The number of fused-ring (bicyclic) bond motifs is 1. The molecule has 0 saturated carbocycles. The summed E-state index contributed by atoms with van der Waals surface area (Å²) in [5.74, 6) is 0. The molecule has 0 fully saturated rings. The van der Waals surface area contributed by atoms with E-state index in [1.807, 2.05) is 61.5 Å². The third kappa shape index (κ3) is 3.36. The van der Waals surface area contributed by atoms with Crippen molar-refractivity contribution in [3.63, 3.8) is 0 Å². The molecule has 2 heterocycles. The summed E-state index contributed by atoms with van der Waals surface area (Å²) in [6, 6.07) is 17.9. The minimum absolute atomic E-state index is 0.139. The number of hydrogen-bond acceptors (Lipinski definition) is 4. The molecule has 0 aliphatic carbocycles. The van der Waals surface area contributed by atoms with Crippen LogP contribution in [-0.4, -0.2) is 27.0 Å². The molecule has 0 bridgehead atoms. The van der Waals surface area contributed by atoms with Gasteiger partial charge in [0, 0.05) is 17.8 Å². The van der Waals surface area contributed by atoms with E-state index in [-0.39, 0.29) is 11.6 Å². The third-order valence-corrected chi connectivity index (χ3v) is 5.53. The maximum absolute atomic E-state index is 13.1. The average Bonchev–Trinajstić information content (AvgIpc) is 3.27. The fourth-order valence-electron chi connectivity index (χ4n) is 2.79. The highest BCUT2D eigenvalue weighted by atomic mass is 32.1. The number of nitrogens with zero attached hydrogens (tertiary/aromatic N) is 3. The van der Waals surface area contributed by atoms with E-state index in [4.69, 9.17) is 0 Å². The molecular formula is C21H20N4OS. The molecule has 2 aromatic heterocycles. The monoisotopic (exact) mass is 376 g/mol. The van der Waals surface area contributed by atoms with Crippen molar-refractivity contribution in [2.45, 2.75) is 26.3 Å². The molecule has 136 valence electrons. The Morgan fingerprint density at radius 1 is 1.19 bits per heavy atom. The Morgan fingerprint density at radius 2 is 1.93 bits per heavy atom. The van der Waals surface area contributed by atoms with Crippen LogP contribution in [0.25, 0.3) is 26.6 Å². The summed E-state index contributed by atoms with van der Waals surface area (Å²) in [5.41, 5.74) is 3.00. The molecule has 0 saturated heterocycles. The highest BCUT2D eigenvalue weighted by molar-refractivity contribution is 7.20. The summed E-state index contributed by atoms with van der Waals surface area (Å²) in [5, 5.41) is 3.87. The number of nitrogens with one attached hydrogen (secondary N) is 1. The molecule has 5 nitrogen and oxygen atoms in total. The number of aliphatic imine (C=N–C) groups is 1. The van der Waals surface area contributed by atoms with Gasteiger partial charge in [0.15, 0.2) is 0 Å². The quantitative estimate of drug-likeness (QED) is 0.515. The van der Waals surface area contributed by atoms with Crippen molar-refractivity contribution in [3.05, 3.63) is 70.5 Å². The Kier molecular flexibility index (Phi) is 4.73. The summed E-state index contributed by atoms with van der Waals surface area (Å²) in [4.78, 5) is 22.3. The summed E-state index contributed by atoms with van der Waals surface area (Å²) in [6.07, 6.45) is 2.62. The van der Waals surface area contributed by atoms with Gasteiger partial charge >= 0.3 is 0 Å². The van der Waals surface area contributed by atoms with Crippen molar-refractivity contribution in [2.75, 3.05) is 0 Å². The highest BCUT2D eigenvalue weighted by Crippen LogP contribution is 2.25. The lowest BCUT2D eigenvalue weighted by Crippen LogP contribution is -2.17. The summed E-state index contributed by atoms with van der Waals surface area (Å²) < 4.78 is 2.57. The third-order valence-electron chi connectivity index (χ3n) is 4.51. The van der Waals surface area contributed by atoms with Crippen LogP contribution in [0.4, 0.5) is 0 Å². The summed E-state index contributed by atoms with van der Waals surface area (Å²) in [6.45, 7) is 4.12. The minimum Gasteiger partial charge on any atom is -0.289 e. The van der Waals surface area contributed by atoms with E-state index in [2.05, 4.69) is 22.0 Å². The van der Waals surface area contributed by atoms with Crippen LogP contribution in [0.15, 0.2) is 64.4 Å². The Hall–Kier alpha value is -2.99. The lowest BCUT2D eigenvalue weighted by atomic mass is 10.1. The first-order valence-electron chi connectivity index (χ1n) is 8.97. The fraction of sp³-hybridized carbons (Fsp3) is 0.190. The van der Waals surface area contributed by atoms with Crippen LogP contribution >= 0.6 is 11.3 Å². The van der Waals surface area contributed by atoms with Gasteiger partial charge in [0.2, 0.25) is 5.13 Å². The van der Waals surface area contributed by atoms with Gasteiger partial charge < -0.3 is 0 Å². The maximum atomic E-state index is 13.1. The number of thiazole rings is 1. The topological polar surface area (TPSA) is 63.0 Å². The molecule has 2 aromatic carbocycles. The lowest BCUT2D eigenvalue weighted by molar-refractivity contribution is 0.720. The second-order valence-corrected chi connectivity index (χ2v) is 7.42. The summed E-state index contributed by atoms with van der Waals surface area (Å²) in [7, 11) is 0. The zero-order valence-electron chi connectivity index (χ0n) is 15.2. The van der Waals surface area contributed by atoms with Gasteiger partial charge in [-0.1, -0.05) is 60.7 Å². The van der Waals surface area contributed by atoms with Gasteiger partial charge in [-0.2, -0.15) is 4.68 Å². The predicted octanol–water partition coefficient (Wildman–Crippen LogP) is 4.66. The Labute approximate surface area is 161 Å². The van der Waals surface area contributed by atoms with Crippen molar-refractivity contribution in [2.24, 2.45) is 4.99 Å². The Bertz CT molecular complexity index is 1120. The van der Waals surface area contributed by atoms with Crippen LogP contribution in [0.5, 0.6) is 0 Å². The van der Waals surface area contributed by atoms with Gasteiger partial charge in [-0.15, -0.1) is 0 Å². The molecule has 4 aromatic rings. The Balaban J connectivity index is 1.89. The molecule has 0 aliphatic rings. The first-order valence-corrected chi connectivity index (χ1v) is 9.78. The maximum Gasteiger partial charge on any atom is 0.282 e. The molecule has 27 heavy (non-hydrogen) atoms. The number of hydrogen-bond donors (Lipinski definition) is 1. The first-order chi connectivity index (χ1) is 13.2. The van der Waals surface area contributed by atoms with E-state index in [1.165, 1.54) is 16.0 Å². The van der Waals surface area contributed by atoms with Gasteiger partial charge in [-0.05, 0) is 25.5 Å². The van der Waals surface area contributed by atoms with E-state index in [9.17, 15) is 4.79 Å². The normalized spacial score (nSPS) is 12.8. The Morgan fingerprint density at radius 3 is 2.67 bits per heavy atom. The van der Waals surface area contributed by atoms with Gasteiger partial charge in [0.05, 0.1) is 21.5 Å². The number of benzene rings is 2. The molecular weight excluding hydrogens is 356 g/mol. The number of aromatic amines is 1. The molecule has 6 heteroatoms. The minimum atomic E-state index is -0.139. The molecule has 0 spiro atoms. The zero-order valence-corrected chi connectivity index (χ0v) is 16.0. The lowest BCUT2D eigenvalue weighted by Gasteiger charge is -2.01. The van der Waals surface area contributed by atoms with Crippen LogP contribution in [-0.2, 0) is 0 Å². The van der Waals surface area contributed by atoms with Crippen molar-refractivity contribution in [1.82, 2.24) is 14.8 Å². The van der Waals surface area contributed by atoms with Crippen molar-refractivity contribution in [3.8, 4) is 16.4 Å². The SMILES string of the molecule is CC[C@H](C)N=Cc1c(-c2ccccc2)[nH]n(-c2nc3ccccc3s2)c1=O. The second kappa shape index (κ2) is 7.32. The largest absolute Gasteiger partial charge is 0.289 e. The second-order valence-electron chi connectivity index (χ2n) is 6.41. The number of aromatic nitrogens is 3. The average molecular weight is 376 g/mol. The zero-order chi connectivity index (χ0) is 18.8. The smallest absolute Gasteiger partial charge is 0.282 e. The van der Waals surface area contributed by atoms with E-state index >= 15 is 0 Å². The van der Waals surface area contributed by atoms with Gasteiger partial charge in [-0.25, -0.2) is 4.98 Å². The van der Waals surface area contributed by atoms with Crippen molar-refractivity contribution < 1.29 is 0 Å². The molecule has 1 N–H and O–H groups in total. The van der Waals surface area contributed by atoms with Crippen LogP contribution < -0.4 is 5.56 Å². The number of para-hydroxylation sites is 1. The van der Waals surface area contributed by atoms with Crippen LogP contribution in [0.2, 0.25) is 0 Å². The molecule has 4 rings (SSSR count). The number of rotatable bonds is 5. The molecule has 0 aliphatic heterocycles. The van der Waals surface area contributed by atoms with Crippen LogP contribution in [0.1, 0.15) is 25.8 Å². The predicted molar refractivity (Wildman–Crippen MR) is 112 cm³/mol. The van der Waals surface area contributed by atoms with Crippen LogP contribution in [0.3, 0.4) is 0 Å². The van der Waals surface area contributed by atoms with Crippen molar-refractivity contribution >= 4 is 27.8 Å². The molecule has 0 amide bonds. The van der Waals surface area contributed by atoms with Gasteiger partial charge in [0.25, 0.3) is 5.56 Å². The van der Waals surface area contributed by atoms with E-state index in [0.29, 0.717) is 10.7 Å². The summed E-state index contributed by atoms with van der Waals surface area (Å²) >= 11 is 1.49. The van der Waals surface area contributed by atoms with Crippen LogP contribution in [0, 0.1) is 0 Å². The van der Waals surface area contributed by atoms with Crippen molar-refractivity contribution in [1.29, 1.82) is 0 Å². The highest BCUT2D eigenvalue weighted by Gasteiger charge is 2.17. The molecule has 0 unspecified atom stereocenters. The first kappa shape index (κ1) is 17.4.